The van der Waals surface area contributed by atoms with Gasteiger partial charge in [-0.15, -0.1) is 0 Å². The number of benzene rings is 2. The third kappa shape index (κ3) is 5.89. The van der Waals surface area contributed by atoms with Crippen molar-refractivity contribution in [2.75, 3.05) is 0 Å². The number of hydrazine groups is 1. The summed E-state index contributed by atoms with van der Waals surface area (Å²) < 4.78 is 20.3. The summed E-state index contributed by atoms with van der Waals surface area (Å²) in [6.07, 6.45) is 3.97. The Labute approximate surface area is 197 Å². The quantitative estimate of drug-likeness (QED) is 0.426. The summed E-state index contributed by atoms with van der Waals surface area (Å²) in [5, 5.41) is 1.92. The molecule has 7 nitrogen and oxygen atoms in total. The van der Waals surface area contributed by atoms with Crippen molar-refractivity contribution in [3.05, 3.63) is 77.7 Å². The Balaban J connectivity index is 1.85. The average molecular weight is 466 g/mol. The van der Waals surface area contributed by atoms with Gasteiger partial charge in [-0.3, -0.25) is 19.6 Å². The predicted molar refractivity (Wildman–Crippen MR) is 128 cm³/mol. The topological polar surface area (TPSA) is 80.6 Å². The van der Waals surface area contributed by atoms with Crippen LogP contribution < -0.4 is 5.43 Å². The maximum absolute atomic E-state index is 13.5. The van der Waals surface area contributed by atoms with Crippen LogP contribution in [0.3, 0.4) is 0 Å². The summed E-state index contributed by atoms with van der Waals surface area (Å²) in [5.74, 6) is -1.62. The van der Waals surface area contributed by atoms with Crippen LogP contribution >= 0.6 is 0 Å². The number of nitrogens with one attached hydrogen (secondary N) is 1. The van der Waals surface area contributed by atoms with Crippen LogP contribution in [0.1, 0.15) is 50.5 Å². The molecule has 1 heterocycles. The van der Waals surface area contributed by atoms with Gasteiger partial charge in [-0.25, -0.2) is 14.2 Å². The van der Waals surface area contributed by atoms with E-state index in [1.807, 2.05) is 18.2 Å². The van der Waals surface area contributed by atoms with E-state index in [1.54, 1.807) is 53.0 Å². The zero-order valence-corrected chi connectivity index (χ0v) is 19.8. The number of hydrogen-bond acceptors (Lipinski definition) is 4. The van der Waals surface area contributed by atoms with Gasteiger partial charge in [0.2, 0.25) is 0 Å². The normalized spacial score (nSPS) is 11.7. The van der Waals surface area contributed by atoms with Crippen LogP contribution in [0.2, 0.25) is 0 Å². The highest BCUT2D eigenvalue weighted by atomic mass is 19.1. The Hall–Kier alpha value is -3.94. The van der Waals surface area contributed by atoms with E-state index >= 15 is 0 Å². The summed E-state index contributed by atoms with van der Waals surface area (Å²) >= 11 is 0. The summed E-state index contributed by atoms with van der Waals surface area (Å²) in [5.41, 5.74) is 3.25. The molecule has 0 radical (unpaired) electrons. The lowest BCUT2D eigenvalue weighted by molar-refractivity contribution is -0.130. The largest absolute Gasteiger partial charge is 0.443 e. The van der Waals surface area contributed by atoms with Crippen molar-refractivity contribution >= 4 is 34.9 Å². The summed E-state index contributed by atoms with van der Waals surface area (Å²) in [6, 6.07) is 12.1. The van der Waals surface area contributed by atoms with Crippen molar-refractivity contribution in [2.45, 2.75) is 46.3 Å². The predicted octanol–water partition coefficient (Wildman–Crippen LogP) is 5.16. The van der Waals surface area contributed by atoms with Crippen molar-refractivity contribution in [1.82, 2.24) is 15.0 Å². The molecule has 178 valence electrons. The van der Waals surface area contributed by atoms with Crippen molar-refractivity contribution in [3.63, 3.8) is 0 Å². The summed E-state index contributed by atoms with van der Waals surface area (Å²) in [6.45, 7) is 8.84. The average Bonchev–Trinajstić information content (AvgIpc) is 3.13. The van der Waals surface area contributed by atoms with Gasteiger partial charge in [-0.2, -0.15) is 0 Å². The number of ether oxygens (including phenoxy) is 1. The van der Waals surface area contributed by atoms with Crippen LogP contribution in [0.15, 0.2) is 60.8 Å². The Morgan fingerprint density at radius 1 is 1.09 bits per heavy atom. The van der Waals surface area contributed by atoms with Gasteiger partial charge in [0.05, 0.1) is 5.52 Å². The number of carbonyl (C=O) groups is 3. The van der Waals surface area contributed by atoms with E-state index in [2.05, 4.69) is 5.43 Å². The van der Waals surface area contributed by atoms with Gasteiger partial charge in [-0.05, 0) is 65.0 Å². The molecule has 0 spiro atoms. The molecule has 0 bridgehead atoms. The highest BCUT2D eigenvalue weighted by Gasteiger charge is 2.21. The lowest BCUT2D eigenvalue weighted by Crippen LogP contribution is -2.49. The van der Waals surface area contributed by atoms with E-state index in [0.29, 0.717) is 11.1 Å². The number of rotatable bonds is 4. The first-order chi connectivity index (χ1) is 16.0. The fraction of sp³-hybridized carbons (Fsp3) is 0.269. The molecule has 2 amide bonds. The molecule has 0 fully saturated rings. The van der Waals surface area contributed by atoms with Crippen LogP contribution in [-0.2, 0) is 9.53 Å². The number of hydrogen-bond donors (Lipinski definition) is 1. The monoisotopic (exact) mass is 465 g/mol. The Bertz CT molecular complexity index is 1250. The molecular weight excluding hydrogens is 437 g/mol. The maximum Gasteiger partial charge on any atom is 0.419 e. The second-order valence-corrected chi connectivity index (χ2v) is 9.04. The van der Waals surface area contributed by atoms with Crippen LogP contribution in [0.4, 0.5) is 9.18 Å². The molecule has 2 aromatic carbocycles. The van der Waals surface area contributed by atoms with Gasteiger partial charge < -0.3 is 4.74 Å². The van der Waals surface area contributed by atoms with Gasteiger partial charge >= 0.3 is 6.09 Å². The minimum atomic E-state index is -0.661. The number of halogens is 1. The van der Waals surface area contributed by atoms with E-state index in [9.17, 15) is 18.8 Å². The van der Waals surface area contributed by atoms with Gasteiger partial charge in [0.25, 0.3) is 11.8 Å². The molecule has 0 unspecified atom stereocenters. The van der Waals surface area contributed by atoms with E-state index in [1.165, 1.54) is 28.8 Å². The lowest BCUT2D eigenvalue weighted by Gasteiger charge is -2.25. The third-order valence-electron chi connectivity index (χ3n) is 4.80. The molecule has 0 aliphatic heterocycles. The van der Waals surface area contributed by atoms with Crippen molar-refractivity contribution < 1.29 is 23.5 Å². The highest BCUT2D eigenvalue weighted by molar-refractivity contribution is 6.01. The summed E-state index contributed by atoms with van der Waals surface area (Å²) in [4.78, 5) is 38.1. The van der Waals surface area contributed by atoms with Gasteiger partial charge in [0, 0.05) is 34.8 Å². The standard InChI is InChI=1S/C26H28FN3O4/c1-17(2)30(28-24(32)18-9-8-10-20(27)15-18)23(31)14-13-19-16-29(25(33)34-26(3,4)5)22-12-7-6-11-21(19)22/h6-17H,1-5H3,(H,28,32). The van der Waals surface area contributed by atoms with Crippen molar-refractivity contribution in [2.24, 2.45) is 0 Å². The van der Waals surface area contributed by atoms with Crippen LogP contribution in [0.25, 0.3) is 17.0 Å². The molecular formula is C26H28FN3O4. The molecule has 0 atom stereocenters. The first-order valence-electron chi connectivity index (χ1n) is 10.9. The van der Waals surface area contributed by atoms with Gasteiger partial charge in [0.1, 0.15) is 11.4 Å². The van der Waals surface area contributed by atoms with Crippen molar-refractivity contribution in [3.8, 4) is 0 Å². The zero-order valence-electron chi connectivity index (χ0n) is 19.8. The smallest absolute Gasteiger partial charge is 0.419 e. The molecule has 0 aliphatic carbocycles. The van der Waals surface area contributed by atoms with Crippen LogP contribution in [0.5, 0.6) is 0 Å². The fourth-order valence-corrected chi connectivity index (χ4v) is 3.28. The Kier molecular flexibility index (Phi) is 7.20. The second-order valence-electron chi connectivity index (χ2n) is 9.04. The molecule has 3 aromatic rings. The summed E-state index contributed by atoms with van der Waals surface area (Å²) in [7, 11) is 0. The number of fused-ring (bicyclic) bond motifs is 1. The molecule has 8 heteroatoms. The fourth-order valence-electron chi connectivity index (χ4n) is 3.28. The van der Waals surface area contributed by atoms with E-state index < -0.39 is 29.3 Å². The Morgan fingerprint density at radius 3 is 2.44 bits per heavy atom. The second kappa shape index (κ2) is 9.91. The van der Waals surface area contributed by atoms with Gasteiger partial charge in [-0.1, -0.05) is 24.3 Å². The molecule has 1 aromatic heterocycles. The minimum absolute atomic E-state index is 0.0999. The number of aromatic nitrogens is 1. The van der Waals surface area contributed by atoms with Crippen molar-refractivity contribution in [1.29, 1.82) is 0 Å². The Morgan fingerprint density at radius 2 is 1.79 bits per heavy atom. The lowest BCUT2D eigenvalue weighted by atomic mass is 10.1. The zero-order chi connectivity index (χ0) is 25.0. The minimum Gasteiger partial charge on any atom is -0.443 e. The van der Waals surface area contributed by atoms with E-state index in [4.69, 9.17) is 4.74 Å². The van der Waals surface area contributed by atoms with Crippen LogP contribution in [0, 0.1) is 5.82 Å². The first kappa shape index (κ1) is 24.7. The SMILES string of the molecule is CC(C)N(NC(=O)c1cccc(F)c1)C(=O)C=Cc1cn(C(=O)OC(C)(C)C)c2ccccc12. The molecule has 1 N–H and O–H groups in total. The molecule has 0 aliphatic rings. The number of carbonyl (C=O) groups excluding carboxylic acids is 3. The van der Waals surface area contributed by atoms with E-state index in [-0.39, 0.29) is 11.6 Å². The highest BCUT2D eigenvalue weighted by Crippen LogP contribution is 2.24. The number of nitrogens with zero attached hydrogens (tertiary/aromatic N) is 2. The number of para-hydroxylation sites is 1. The van der Waals surface area contributed by atoms with Gasteiger partial charge in [0.15, 0.2) is 0 Å². The first-order valence-corrected chi connectivity index (χ1v) is 10.9. The molecule has 3 rings (SSSR count). The maximum atomic E-state index is 13.5. The third-order valence-corrected chi connectivity index (χ3v) is 4.80. The van der Waals surface area contributed by atoms with Crippen LogP contribution in [-0.4, -0.2) is 39.1 Å². The van der Waals surface area contributed by atoms with E-state index in [0.717, 1.165) is 16.5 Å². The number of amides is 2. The molecule has 0 saturated carbocycles. The molecule has 0 saturated heterocycles. The molecule has 34 heavy (non-hydrogen) atoms.